The molecule has 1 aromatic heterocycles. The second-order valence-electron chi connectivity index (χ2n) is 4.90. The summed E-state index contributed by atoms with van der Waals surface area (Å²) in [6, 6.07) is 7.05. The number of hydrogen-bond acceptors (Lipinski definition) is 4. The number of sulfonamides is 1. The standard InChI is InChI=1S/C15H20N2O2S2/c1-12-10-20-11-14(12)9-17-21(18,19)15-5-3-13(4-6-15)7-8-16-2/h3-6,10-11,16-17H,7-9H2,1-2H3. The van der Waals surface area contributed by atoms with Gasteiger partial charge in [0.2, 0.25) is 10.0 Å². The summed E-state index contributed by atoms with van der Waals surface area (Å²) in [7, 11) is -1.55. The largest absolute Gasteiger partial charge is 0.319 e. The Morgan fingerprint density at radius 1 is 1.14 bits per heavy atom. The Morgan fingerprint density at radius 3 is 2.43 bits per heavy atom. The highest BCUT2D eigenvalue weighted by atomic mass is 32.2. The van der Waals surface area contributed by atoms with E-state index >= 15 is 0 Å². The number of nitrogens with one attached hydrogen (secondary N) is 2. The molecule has 1 aromatic carbocycles. The molecule has 0 bridgehead atoms. The van der Waals surface area contributed by atoms with Crippen LogP contribution in [-0.4, -0.2) is 22.0 Å². The first-order chi connectivity index (χ1) is 10.0. The maximum absolute atomic E-state index is 12.2. The second kappa shape index (κ2) is 7.17. The molecule has 2 aromatic rings. The van der Waals surface area contributed by atoms with Crippen molar-refractivity contribution < 1.29 is 8.42 Å². The fourth-order valence-electron chi connectivity index (χ4n) is 1.93. The highest BCUT2D eigenvalue weighted by Gasteiger charge is 2.14. The molecule has 6 heteroatoms. The summed E-state index contributed by atoms with van der Waals surface area (Å²) in [6.07, 6.45) is 0.887. The van der Waals surface area contributed by atoms with Gasteiger partial charge in [0.25, 0.3) is 0 Å². The van der Waals surface area contributed by atoms with Crippen molar-refractivity contribution in [2.45, 2.75) is 24.8 Å². The van der Waals surface area contributed by atoms with Crippen LogP contribution in [0, 0.1) is 6.92 Å². The molecule has 0 aliphatic rings. The van der Waals surface area contributed by atoms with E-state index in [4.69, 9.17) is 0 Å². The van der Waals surface area contributed by atoms with Crippen LogP contribution in [0.1, 0.15) is 16.7 Å². The molecule has 0 aliphatic heterocycles. The average Bonchev–Trinajstić information content (AvgIpc) is 2.89. The fourth-order valence-corrected chi connectivity index (χ4v) is 3.79. The van der Waals surface area contributed by atoms with Gasteiger partial charge < -0.3 is 5.32 Å². The molecule has 114 valence electrons. The molecular formula is C15H20N2O2S2. The van der Waals surface area contributed by atoms with E-state index in [9.17, 15) is 8.42 Å². The summed E-state index contributed by atoms with van der Waals surface area (Å²) < 4.78 is 27.1. The van der Waals surface area contributed by atoms with Gasteiger partial charge in [-0.3, -0.25) is 0 Å². The van der Waals surface area contributed by atoms with Gasteiger partial charge >= 0.3 is 0 Å². The predicted molar refractivity (Wildman–Crippen MR) is 87.2 cm³/mol. The highest BCUT2D eigenvalue weighted by molar-refractivity contribution is 7.89. The lowest BCUT2D eigenvalue weighted by atomic mass is 10.1. The lowest BCUT2D eigenvalue weighted by molar-refractivity contribution is 0.581. The molecule has 21 heavy (non-hydrogen) atoms. The van der Waals surface area contributed by atoms with E-state index in [1.54, 1.807) is 23.5 Å². The molecule has 4 nitrogen and oxygen atoms in total. The number of aryl methyl sites for hydroxylation is 1. The van der Waals surface area contributed by atoms with Crippen LogP contribution in [0.3, 0.4) is 0 Å². The summed E-state index contributed by atoms with van der Waals surface area (Å²) in [6.45, 7) is 3.19. The Kier molecular flexibility index (Phi) is 5.52. The van der Waals surface area contributed by atoms with E-state index in [1.807, 2.05) is 36.9 Å². The number of thiophene rings is 1. The molecule has 0 radical (unpaired) electrons. The molecule has 0 amide bonds. The number of benzene rings is 1. The van der Waals surface area contributed by atoms with Crippen LogP contribution in [0.4, 0.5) is 0 Å². The van der Waals surface area contributed by atoms with Gasteiger partial charge in [-0.2, -0.15) is 11.3 Å². The average molecular weight is 324 g/mol. The van der Waals surface area contributed by atoms with Crippen LogP contribution in [0.25, 0.3) is 0 Å². The van der Waals surface area contributed by atoms with Gasteiger partial charge in [-0.1, -0.05) is 12.1 Å². The van der Waals surface area contributed by atoms with Gasteiger partial charge in [-0.25, -0.2) is 13.1 Å². The maximum Gasteiger partial charge on any atom is 0.240 e. The van der Waals surface area contributed by atoms with Crippen LogP contribution in [0.15, 0.2) is 39.9 Å². The van der Waals surface area contributed by atoms with Crippen molar-refractivity contribution in [3.8, 4) is 0 Å². The molecule has 0 unspecified atom stereocenters. The third-order valence-electron chi connectivity index (χ3n) is 3.31. The lowest BCUT2D eigenvalue weighted by Gasteiger charge is -2.08. The Labute approximate surface area is 130 Å². The van der Waals surface area contributed by atoms with Gasteiger partial charge in [0, 0.05) is 6.54 Å². The van der Waals surface area contributed by atoms with Crippen molar-refractivity contribution in [2.24, 2.45) is 0 Å². The molecule has 0 saturated heterocycles. The molecule has 2 N–H and O–H groups in total. The van der Waals surface area contributed by atoms with E-state index in [2.05, 4.69) is 10.0 Å². The first kappa shape index (κ1) is 16.2. The molecule has 0 atom stereocenters. The van der Waals surface area contributed by atoms with Crippen LogP contribution in [0.5, 0.6) is 0 Å². The maximum atomic E-state index is 12.2. The monoisotopic (exact) mass is 324 g/mol. The summed E-state index contributed by atoms with van der Waals surface area (Å²) >= 11 is 1.58. The topological polar surface area (TPSA) is 58.2 Å². The Balaban J connectivity index is 2.03. The Morgan fingerprint density at radius 2 is 1.86 bits per heavy atom. The van der Waals surface area contributed by atoms with Crippen LogP contribution in [0.2, 0.25) is 0 Å². The minimum Gasteiger partial charge on any atom is -0.319 e. The molecule has 1 heterocycles. The minimum atomic E-state index is -3.45. The van der Waals surface area contributed by atoms with Gasteiger partial charge in [0.15, 0.2) is 0 Å². The van der Waals surface area contributed by atoms with E-state index in [-0.39, 0.29) is 0 Å². The zero-order valence-corrected chi connectivity index (χ0v) is 13.9. The van der Waals surface area contributed by atoms with Crippen LogP contribution in [-0.2, 0) is 23.0 Å². The third kappa shape index (κ3) is 4.38. The Hall–Kier alpha value is -1.21. The minimum absolute atomic E-state index is 0.309. The van der Waals surface area contributed by atoms with E-state index < -0.39 is 10.0 Å². The van der Waals surface area contributed by atoms with E-state index in [1.165, 1.54) is 0 Å². The SMILES string of the molecule is CNCCc1ccc(S(=O)(=O)NCc2cscc2C)cc1. The summed E-state index contributed by atoms with van der Waals surface area (Å²) in [5.41, 5.74) is 3.26. The van der Waals surface area contributed by atoms with Crippen molar-refractivity contribution in [1.82, 2.24) is 10.0 Å². The third-order valence-corrected chi connectivity index (χ3v) is 5.64. The summed E-state index contributed by atoms with van der Waals surface area (Å²) in [5.74, 6) is 0. The molecular weight excluding hydrogens is 304 g/mol. The molecule has 0 fully saturated rings. The first-order valence-electron chi connectivity index (χ1n) is 6.78. The number of rotatable bonds is 7. The molecule has 0 saturated carbocycles. The van der Waals surface area contributed by atoms with Crippen LogP contribution >= 0.6 is 11.3 Å². The van der Waals surface area contributed by atoms with Gasteiger partial charge in [-0.05, 0) is 66.5 Å². The summed E-state index contributed by atoms with van der Waals surface area (Å²) in [5, 5.41) is 7.06. The molecule has 0 spiro atoms. The predicted octanol–water partition coefficient (Wildman–Crippen LogP) is 2.30. The fraction of sp³-hybridized carbons (Fsp3) is 0.333. The van der Waals surface area contributed by atoms with Gasteiger partial charge in [0.1, 0.15) is 0 Å². The van der Waals surface area contributed by atoms with Gasteiger partial charge in [-0.15, -0.1) is 0 Å². The van der Waals surface area contributed by atoms with Crippen molar-refractivity contribution in [1.29, 1.82) is 0 Å². The van der Waals surface area contributed by atoms with E-state index in [0.29, 0.717) is 11.4 Å². The molecule has 2 rings (SSSR count). The lowest BCUT2D eigenvalue weighted by Crippen LogP contribution is -2.23. The van der Waals surface area contributed by atoms with Crippen molar-refractivity contribution >= 4 is 21.4 Å². The Bertz CT molecular complexity index is 676. The zero-order chi connectivity index (χ0) is 15.3. The van der Waals surface area contributed by atoms with E-state index in [0.717, 1.165) is 29.7 Å². The van der Waals surface area contributed by atoms with Crippen molar-refractivity contribution in [3.05, 3.63) is 51.7 Å². The number of likely N-dealkylation sites (N-methyl/N-ethyl adjacent to an activating group) is 1. The van der Waals surface area contributed by atoms with Crippen LogP contribution < -0.4 is 10.0 Å². The number of hydrogen-bond donors (Lipinski definition) is 2. The van der Waals surface area contributed by atoms with Crippen molar-refractivity contribution in [3.63, 3.8) is 0 Å². The second-order valence-corrected chi connectivity index (χ2v) is 7.41. The highest BCUT2D eigenvalue weighted by Crippen LogP contribution is 2.15. The summed E-state index contributed by atoms with van der Waals surface area (Å²) in [4.78, 5) is 0.309. The first-order valence-corrected chi connectivity index (χ1v) is 9.20. The normalized spacial score (nSPS) is 11.7. The smallest absolute Gasteiger partial charge is 0.240 e. The zero-order valence-electron chi connectivity index (χ0n) is 12.2. The van der Waals surface area contributed by atoms with Crippen molar-refractivity contribution in [2.75, 3.05) is 13.6 Å². The quantitative estimate of drug-likeness (QED) is 0.821. The van der Waals surface area contributed by atoms with Gasteiger partial charge in [0.05, 0.1) is 4.90 Å². The molecule has 0 aliphatic carbocycles.